The lowest BCUT2D eigenvalue weighted by Crippen LogP contribution is -2.36. The molecule has 0 heterocycles. The average molecular weight is 299 g/mol. The van der Waals surface area contributed by atoms with Crippen molar-refractivity contribution in [3.8, 4) is 0 Å². The van der Waals surface area contributed by atoms with Crippen molar-refractivity contribution >= 4 is 11.9 Å². The molecule has 0 saturated heterocycles. The molecule has 0 unspecified atom stereocenters. The highest BCUT2D eigenvalue weighted by Crippen LogP contribution is 2.30. The van der Waals surface area contributed by atoms with Crippen LogP contribution in [0.1, 0.15) is 38.7 Å². The number of carbonyl (C=O) groups is 2. The highest BCUT2D eigenvalue weighted by Gasteiger charge is 2.37. The van der Waals surface area contributed by atoms with E-state index in [1.165, 1.54) is 6.07 Å². The third kappa shape index (κ3) is 4.24. The minimum atomic E-state index is -1.11. The van der Waals surface area contributed by atoms with Crippen molar-refractivity contribution in [3.63, 3.8) is 0 Å². The zero-order chi connectivity index (χ0) is 16.0. The van der Waals surface area contributed by atoms with Gasteiger partial charge in [-0.15, -0.1) is 0 Å². The van der Waals surface area contributed by atoms with Crippen LogP contribution in [0, 0.1) is 17.0 Å². The van der Waals surface area contributed by atoms with Gasteiger partial charge in [-0.2, -0.15) is 0 Å². The molecule has 2 N–H and O–H groups in total. The summed E-state index contributed by atoms with van der Waals surface area (Å²) in [7, 11) is 0. The highest BCUT2D eigenvalue weighted by atomic mass is 19.1. The lowest BCUT2D eigenvalue weighted by atomic mass is 9.79. The van der Waals surface area contributed by atoms with Gasteiger partial charge in [0.05, 0.1) is 5.41 Å². The summed E-state index contributed by atoms with van der Waals surface area (Å²) in [6.45, 7) is 3.32. The van der Waals surface area contributed by atoms with Crippen LogP contribution >= 0.6 is 0 Å². The van der Waals surface area contributed by atoms with E-state index < -0.39 is 28.9 Å². The van der Waals surface area contributed by atoms with Crippen LogP contribution in [0.2, 0.25) is 0 Å². The number of nitrogens with one attached hydrogen (secondary N) is 1. The van der Waals surface area contributed by atoms with Crippen molar-refractivity contribution in [2.75, 3.05) is 0 Å². The molecule has 0 aromatic heterocycles. The zero-order valence-electron chi connectivity index (χ0n) is 12.1. The normalized spacial score (nSPS) is 11.2. The van der Waals surface area contributed by atoms with Gasteiger partial charge >= 0.3 is 5.97 Å². The van der Waals surface area contributed by atoms with Gasteiger partial charge in [0.25, 0.3) is 0 Å². The van der Waals surface area contributed by atoms with Crippen molar-refractivity contribution in [1.82, 2.24) is 5.32 Å². The SMILES string of the molecule is CCC(CC)(CC(=O)NCc1ccc(F)cc1F)C(=O)O. The summed E-state index contributed by atoms with van der Waals surface area (Å²) in [5, 5.41) is 11.7. The van der Waals surface area contributed by atoms with E-state index in [0.29, 0.717) is 12.8 Å². The first-order valence-corrected chi connectivity index (χ1v) is 6.78. The smallest absolute Gasteiger partial charge is 0.310 e. The molecule has 0 spiro atoms. The van der Waals surface area contributed by atoms with E-state index in [9.17, 15) is 23.5 Å². The van der Waals surface area contributed by atoms with Crippen LogP contribution in [0.25, 0.3) is 0 Å². The molecule has 1 aromatic rings. The van der Waals surface area contributed by atoms with Crippen molar-refractivity contribution in [2.45, 2.75) is 39.7 Å². The number of hydrogen-bond donors (Lipinski definition) is 2. The molecule has 1 rings (SSSR count). The van der Waals surface area contributed by atoms with Crippen LogP contribution in [-0.2, 0) is 16.1 Å². The fraction of sp³-hybridized carbons (Fsp3) is 0.467. The maximum atomic E-state index is 13.4. The van der Waals surface area contributed by atoms with E-state index in [0.717, 1.165) is 12.1 Å². The minimum Gasteiger partial charge on any atom is -0.481 e. The van der Waals surface area contributed by atoms with Crippen molar-refractivity contribution in [2.24, 2.45) is 5.41 Å². The number of carboxylic acids is 1. The Morgan fingerprint density at radius 1 is 1.24 bits per heavy atom. The second-order valence-electron chi connectivity index (χ2n) is 4.98. The maximum Gasteiger partial charge on any atom is 0.310 e. The molecular weight excluding hydrogens is 280 g/mol. The summed E-state index contributed by atoms with van der Waals surface area (Å²) in [5.74, 6) is -2.92. The highest BCUT2D eigenvalue weighted by molar-refractivity contribution is 5.84. The summed E-state index contributed by atoms with van der Waals surface area (Å²) >= 11 is 0. The Bertz CT molecular complexity index is 528. The van der Waals surface area contributed by atoms with Crippen LogP contribution in [0.15, 0.2) is 18.2 Å². The Hall–Kier alpha value is -1.98. The van der Waals surface area contributed by atoms with E-state index in [1.807, 2.05) is 0 Å². The summed E-state index contributed by atoms with van der Waals surface area (Å²) in [6.07, 6.45) is 0.493. The minimum absolute atomic E-state index is 0.103. The molecule has 0 saturated carbocycles. The Morgan fingerprint density at radius 3 is 2.33 bits per heavy atom. The topological polar surface area (TPSA) is 66.4 Å². The Labute approximate surface area is 122 Å². The molecule has 0 fully saturated rings. The van der Waals surface area contributed by atoms with Crippen LogP contribution in [0.4, 0.5) is 8.78 Å². The van der Waals surface area contributed by atoms with Gasteiger partial charge in [0, 0.05) is 24.6 Å². The molecule has 21 heavy (non-hydrogen) atoms. The number of aliphatic carboxylic acids is 1. The molecule has 0 aliphatic carbocycles. The molecule has 1 aromatic carbocycles. The average Bonchev–Trinajstić information content (AvgIpc) is 2.43. The first kappa shape index (κ1) is 17.1. The molecule has 0 bridgehead atoms. The summed E-state index contributed by atoms with van der Waals surface area (Å²) in [6, 6.07) is 3.08. The molecule has 116 valence electrons. The van der Waals surface area contributed by atoms with Crippen LogP contribution in [-0.4, -0.2) is 17.0 Å². The van der Waals surface area contributed by atoms with E-state index in [2.05, 4.69) is 5.32 Å². The van der Waals surface area contributed by atoms with Gasteiger partial charge in [-0.3, -0.25) is 9.59 Å². The van der Waals surface area contributed by atoms with Gasteiger partial charge in [-0.05, 0) is 18.9 Å². The van der Waals surface area contributed by atoms with E-state index in [4.69, 9.17) is 0 Å². The second-order valence-corrected chi connectivity index (χ2v) is 4.98. The van der Waals surface area contributed by atoms with Gasteiger partial charge in [-0.1, -0.05) is 19.9 Å². The largest absolute Gasteiger partial charge is 0.481 e. The number of halogens is 2. The van der Waals surface area contributed by atoms with Gasteiger partial charge in [0.2, 0.25) is 5.91 Å². The van der Waals surface area contributed by atoms with Gasteiger partial charge in [0.1, 0.15) is 11.6 Å². The number of amides is 1. The third-order valence-corrected chi connectivity index (χ3v) is 3.80. The van der Waals surface area contributed by atoms with Crippen LogP contribution in [0.3, 0.4) is 0 Å². The number of carbonyl (C=O) groups excluding carboxylic acids is 1. The molecule has 0 atom stereocenters. The van der Waals surface area contributed by atoms with Gasteiger partial charge in [-0.25, -0.2) is 8.78 Å². The predicted octanol–water partition coefficient (Wildman–Crippen LogP) is 2.86. The number of carboxylic acid groups (broad SMARTS) is 1. The molecule has 6 heteroatoms. The summed E-state index contributed by atoms with van der Waals surface area (Å²) < 4.78 is 26.2. The maximum absolute atomic E-state index is 13.4. The monoisotopic (exact) mass is 299 g/mol. The molecule has 4 nitrogen and oxygen atoms in total. The van der Waals surface area contributed by atoms with Crippen LogP contribution < -0.4 is 5.32 Å². The molecule has 0 aliphatic rings. The Balaban J connectivity index is 2.67. The quantitative estimate of drug-likeness (QED) is 0.813. The number of rotatable bonds is 7. The first-order valence-electron chi connectivity index (χ1n) is 6.78. The second kappa shape index (κ2) is 7.15. The fourth-order valence-corrected chi connectivity index (χ4v) is 2.11. The lowest BCUT2D eigenvalue weighted by molar-refractivity contribution is -0.152. The molecular formula is C15H19F2NO3. The van der Waals surface area contributed by atoms with Gasteiger partial charge in [0.15, 0.2) is 0 Å². The van der Waals surface area contributed by atoms with Crippen LogP contribution in [0.5, 0.6) is 0 Å². The lowest BCUT2D eigenvalue weighted by Gasteiger charge is -2.25. The van der Waals surface area contributed by atoms with E-state index >= 15 is 0 Å². The molecule has 0 radical (unpaired) electrons. The first-order chi connectivity index (χ1) is 9.84. The summed E-state index contributed by atoms with van der Waals surface area (Å²) in [4.78, 5) is 23.2. The predicted molar refractivity (Wildman–Crippen MR) is 73.5 cm³/mol. The van der Waals surface area contributed by atoms with E-state index in [1.54, 1.807) is 13.8 Å². The van der Waals surface area contributed by atoms with Crippen molar-refractivity contribution in [1.29, 1.82) is 0 Å². The van der Waals surface area contributed by atoms with Crippen molar-refractivity contribution in [3.05, 3.63) is 35.4 Å². The Kier molecular flexibility index (Phi) is 5.81. The van der Waals surface area contributed by atoms with Gasteiger partial charge < -0.3 is 10.4 Å². The Morgan fingerprint density at radius 2 is 1.86 bits per heavy atom. The summed E-state index contributed by atoms with van der Waals surface area (Å²) in [5.41, 5.74) is -0.954. The number of benzene rings is 1. The third-order valence-electron chi connectivity index (χ3n) is 3.80. The molecule has 0 aliphatic heterocycles. The standard InChI is InChI=1S/C15H19F2NO3/c1-3-15(4-2,14(20)21)8-13(19)18-9-10-5-6-11(16)7-12(10)17/h5-7H,3-4,8-9H2,1-2H3,(H,18,19)(H,20,21). The number of hydrogen-bond acceptors (Lipinski definition) is 2. The fourth-order valence-electron chi connectivity index (χ4n) is 2.11. The molecule has 1 amide bonds. The van der Waals surface area contributed by atoms with Crippen molar-refractivity contribution < 1.29 is 23.5 Å². The van der Waals surface area contributed by atoms with E-state index in [-0.39, 0.29) is 18.5 Å². The zero-order valence-corrected chi connectivity index (χ0v) is 12.1.